The Labute approximate surface area is 144 Å². The molecule has 0 saturated carbocycles. The largest absolute Gasteiger partial charge is 0.293 e. The molecule has 118 valence electrons. The van der Waals surface area contributed by atoms with Crippen molar-refractivity contribution in [2.45, 2.75) is 45.7 Å². The van der Waals surface area contributed by atoms with E-state index in [9.17, 15) is 0 Å². The molecule has 0 unspecified atom stereocenters. The summed E-state index contributed by atoms with van der Waals surface area (Å²) in [5.41, 5.74) is 2.36. The summed E-state index contributed by atoms with van der Waals surface area (Å²) in [6, 6.07) is 0. The van der Waals surface area contributed by atoms with Gasteiger partial charge >= 0.3 is 0 Å². The van der Waals surface area contributed by atoms with Crippen LogP contribution in [-0.4, -0.2) is 26.4 Å². The lowest BCUT2D eigenvalue weighted by Gasteiger charge is -2.28. The number of hydrogen-bond donors (Lipinski definition) is 0. The third-order valence-corrected chi connectivity index (χ3v) is 5.24. The van der Waals surface area contributed by atoms with Crippen molar-refractivity contribution >= 4 is 34.5 Å². The second kappa shape index (κ2) is 6.04. The Morgan fingerprint density at radius 3 is 2.68 bits per heavy atom. The fourth-order valence-electron chi connectivity index (χ4n) is 2.48. The zero-order valence-corrected chi connectivity index (χ0v) is 15.2. The molecule has 0 fully saturated rings. The fraction of sp³-hybridized carbons (Fsp3) is 0.533. The summed E-state index contributed by atoms with van der Waals surface area (Å²) in [5, 5.41) is 0.514. The highest BCUT2D eigenvalue weighted by atomic mass is 35.5. The zero-order chi connectivity index (χ0) is 15.9. The van der Waals surface area contributed by atoms with Crippen LogP contribution in [-0.2, 0) is 24.9 Å². The highest BCUT2D eigenvalue weighted by Crippen LogP contribution is 2.29. The third-order valence-electron chi connectivity index (χ3n) is 3.67. The summed E-state index contributed by atoms with van der Waals surface area (Å²) in [7, 11) is 0. The van der Waals surface area contributed by atoms with E-state index in [1.807, 2.05) is 6.20 Å². The first kappa shape index (κ1) is 16.1. The van der Waals surface area contributed by atoms with Crippen LogP contribution in [0.3, 0.4) is 0 Å². The van der Waals surface area contributed by atoms with Gasteiger partial charge in [0.2, 0.25) is 0 Å². The Morgan fingerprint density at radius 2 is 2.05 bits per heavy atom. The van der Waals surface area contributed by atoms with E-state index in [2.05, 4.69) is 35.6 Å². The number of nitrogens with zero attached hydrogens (tertiary/aromatic N) is 4. The van der Waals surface area contributed by atoms with Crippen LogP contribution in [0.1, 0.15) is 42.7 Å². The van der Waals surface area contributed by atoms with Crippen LogP contribution < -0.4 is 0 Å². The molecule has 0 bridgehead atoms. The summed E-state index contributed by atoms with van der Waals surface area (Å²) in [5.74, 6) is 0.914. The van der Waals surface area contributed by atoms with Crippen LogP contribution in [0.15, 0.2) is 6.20 Å². The second-order valence-electron chi connectivity index (χ2n) is 6.56. The normalized spacial score (nSPS) is 15.9. The Hall–Kier alpha value is -0.750. The predicted octanol–water partition coefficient (Wildman–Crippen LogP) is 4.10. The van der Waals surface area contributed by atoms with Gasteiger partial charge in [0.15, 0.2) is 4.47 Å². The Morgan fingerprint density at radius 1 is 1.27 bits per heavy atom. The number of halogens is 2. The van der Waals surface area contributed by atoms with Crippen LogP contribution in [0.2, 0.25) is 9.62 Å². The minimum absolute atomic E-state index is 0.0148. The van der Waals surface area contributed by atoms with Gasteiger partial charge < -0.3 is 0 Å². The van der Waals surface area contributed by atoms with Crippen molar-refractivity contribution < 1.29 is 0 Å². The monoisotopic (exact) mass is 356 g/mol. The minimum Gasteiger partial charge on any atom is -0.293 e. The van der Waals surface area contributed by atoms with Gasteiger partial charge in [0.25, 0.3) is 0 Å². The van der Waals surface area contributed by atoms with Gasteiger partial charge in [0.1, 0.15) is 11.0 Å². The molecule has 2 aromatic rings. The molecule has 0 N–H and O–H groups in total. The lowest BCUT2D eigenvalue weighted by Crippen LogP contribution is -2.31. The molecule has 0 aromatic carbocycles. The van der Waals surface area contributed by atoms with Crippen molar-refractivity contribution in [3.05, 3.63) is 37.8 Å². The number of hydrogen-bond acceptors (Lipinski definition) is 5. The standard InChI is InChI=1S/C15H18Cl2N4S/c1-15(2,3)13-18-6-9-7-21(5-4-10(9)19-13)8-11-12(16)20-14(17)22-11/h6H,4-5,7-8H2,1-3H3. The van der Waals surface area contributed by atoms with Crippen molar-refractivity contribution in [1.82, 2.24) is 19.9 Å². The molecule has 4 nitrogen and oxygen atoms in total. The Kier molecular flexibility index (Phi) is 4.42. The molecule has 0 saturated heterocycles. The first-order chi connectivity index (χ1) is 10.3. The molecule has 22 heavy (non-hydrogen) atoms. The molecule has 1 aliphatic heterocycles. The Bertz CT molecular complexity index is 693. The Balaban J connectivity index is 1.76. The van der Waals surface area contributed by atoms with Crippen LogP contribution in [0.5, 0.6) is 0 Å². The van der Waals surface area contributed by atoms with Gasteiger partial charge in [-0.3, -0.25) is 4.90 Å². The van der Waals surface area contributed by atoms with Crippen LogP contribution in [0, 0.1) is 0 Å². The average Bonchev–Trinajstić information content (AvgIpc) is 2.75. The van der Waals surface area contributed by atoms with Gasteiger partial charge in [-0.25, -0.2) is 15.0 Å². The molecule has 0 aliphatic carbocycles. The highest BCUT2D eigenvalue weighted by Gasteiger charge is 2.23. The molecule has 0 atom stereocenters. The summed E-state index contributed by atoms with van der Waals surface area (Å²) in [4.78, 5) is 16.7. The molecule has 3 rings (SSSR count). The van der Waals surface area contributed by atoms with E-state index in [0.29, 0.717) is 9.62 Å². The zero-order valence-electron chi connectivity index (χ0n) is 12.9. The van der Waals surface area contributed by atoms with Crippen molar-refractivity contribution in [3.63, 3.8) is 0 Å². The van der Waals surface area contributed by atoms with E-state index in [4.69, 9.17) is 28.2 Å². The van der Waals surface area contributed by atoms with E-state index in [0.717, 1.165) is 36.8 Å². The minimum atomic E-state index is -0.0148. The molecular weight excluding hydrogens is 339 g/mol. The second-order valence-corrected chi connectivity index (χ2v) is 8.58. The SMILES string of the molecule is CC(C)(C)c1ncc2c(n1)CCN(Cc1sc(Cl)nc1Cl)C2. The molecule has 1 aliphatic rings. The summed E-state index contributed by atoms with van der Waals surface area (Å²) in [6.45, 7) is 8.98. The van der Waals surface area contributed by atoms with Crippen LogP contribution >= 0.6 is 34.5 Å². The topological polar surface area (TPSA) is 41.9 Å². The lowest BCUT2D eigenvalue weighted by molar-refractivity contribution is 0.244. The van der Waals surface area contributed by atoms with Gasteiger partial charge in [0, 0.05) is 48.9 Å². The maximum atomic E-state index is 6.10. The van der Waals surface area contributed by atoms with E-state index in [1.165, 1.54) is 22.6 Å². The van der Waals surface area contributed by atoms with E-state index in [-0.39, 0.29) is 5.41 Å². The van der Waals surface area contributed by atoms with Gasteiger partial charge in [-0.05, 0) is 0 Å². The van der Waals surface area contributed by atoms with Crippen molar-refractivity contribution in [3.8, 4) is 0 Å². The number of aromatic nitrogens is 3. The number of fused-ring (bicyclic) bond motifs is 1. The molecule has 0 radical (unpaired) electrons. The van der Waals surface area contributed by atoms with Gasteiger partial charge in [-0.1, -0.05) is 44.0 Å². The quantitative estimate of drug-likeness (QED) is 0.812. The molecule has 3 heterocycles. The molecular formula is C15H18Cl2N4S. The molecule has 0 spiro atoms. The maximum Gasteiger partial charge on any atom is 0.185 e. The average molecular weight is 357 g/mol. The summed E-state index contributed by atoms with van der Waals surface area (Å²) in [6.07, 6.45) is 2.90. The van der Waals surface area contributed by atoms with E-state index < -0.39 is 0 Å². The smallest absolute Gasteiger partial charge is 0.185 e. The predicted molar refractivity (Wildman–Crippen MR) is 90.7 cm³/mol. The van der Waals surface area contributed by atoms with Crippen molar-refractivity contribution in [2.24, 2.45) is 0 Å². The van der Waals surface area contributed by atoms with Crippen LogP contribution in [0.4, 0.5) is 0 Å². The lowest BCUT2D eigenvalue weighted by atomic mass is 9.95. The van der Waals surface area contributed by atoms with Crippen molar-refractivity contribution in [2.75, 3.05) is 6.54 Å². The first-order valence-electron chi connectivity index (χ1n) is 7.21. The summed E-state index contributed by atoms with van der Waals surface area (Å²) >= 11 is 13.5. The molecule has 2 aromatic heterocycles. The molecule has 7 heteroatoms. The van der Waals surface area contributed by atoms with E-state index >= 15 is 0 Å². The van der Waals surface area contributed by atoms with E-state index in [1.54, 1.807) is 0 Å². The third kappa shape index (κ3) is 3.43. The summed E-state index contributed by atoms with van der Waals surface area (Å²) < 4.78 is 0.496. The number of thiazole rings is 1. The maximum absolute atomic E-state index is 6.10. The fourth-order valence-corrected chi connectivity index (χ4v) is 3.91. The first-order valence-corrected chi connectivity index (χ1v) is 8.78. The number of rotatable bonds is 2. The van der Waals surface area contributed by atoms with Gasteiger partial charge in [-0.15, -0.1) is 11.3 Å². The van der Waals surface area contributed by atoms with Gasteiger partial charge in [-0.2, -0.15) is 0 Å². The molecule has 0 amide bonds. The van der Waals surface area contributed by atoms with Gasteiger partial charge in [0.05, 0.1) is 4.88 Å². The van der Waals surface area contributed by atoms with Crippen LogP contribution in [0.25, 0.3) is 0 Å². The highest BCUT2D eigenvalue weighted by molar-refractivity contribution is 7.16. The van der Waals surface area contributed by atoms with Crippen molar-refractivity contribution in [1.29, 1.82) is 0 Å².